The molecule has 0 unspecified atom stereocenters. The van der Waals surface area contributed by atoms with E-state index in [-0.39, 0.29) is 11.8 Å². The average molecular weight is 408 g/mol. The molecule has 0 spiro atoms. The first-order valence-corrected chi connectivity index (χ1v) is 10.8. The number of aromatic nitrogens is 2. The molecule has 2 fully saturated rings. The summed E-state index contributed by atoms with van der Waals surface area (Å²) in [5.74, 6) is 0.234. The maximum absolute atomic E-state index is 12.7. The van der Waals surface area contributed by atoms with Crippen LogP contribution in [-0.2, 0) is 9.59 Å². The zero-order chi connectivity index (χ0) is 20.8. The highest BCUT2D eigenvalue weighted by Crippen LogP contribution is 2.11. The van der Waals surface area contributed by atoms with E-state index >= 15 is 0 Å². The van der Waals surface area contributed by atoms with Crippen LogP contribution in [0.25, 0.3) is 11.8 Å². The lowest BCUT2D eigenvalue weighted by Gasteiger charge is -2.23. The molecule has 0 aliphatic carbocycles. The number of likely N-dealkylation sites (tertiary alicyclic amines) is 1. The molecule has 0 bridgehead atoms. The smallest absolute Gasteiger partial charge is 0.246 e. The lowest BCUT2D eigenvalue weighted by atomic mass is 10.3. The Kier molecular flexibility index (Phi) is 6.59. The molecule has 2 aliphatic rings. The fourth-order valence-electron chi connectivity index (χ4n) is 4.02. The molecule has 30 heavy (non-hydrogen) atoms. The van der Waals surface area contributed by atoms with Crippen LogP contribution in [0.2, 0.25) is 0 Å². The zero-order valence-electron chi connectivity index (χ0n) is 17.3. The van der Waals surface area contributed by atoms with Crippen LogP contribution >= 0.6 is 0 Å². The van der Waals surface area contributed by atoms with Gasteiger partial charge in [-0.05, 0) is 37.5 Å². The van der Waals surface area contributed by atoms with Gasteiger partial charge in [0.05, 0.1) is 18.4 Å². The highest BCUT2D eigenvalue weighted by Gasteiger charge is 2.23. The molecule has 158 valence electrons. The molecule has 0 atom stereocenters. The average Bonchev–Trinajstić information content (AvgIpc) is 3.42. The van der Waals surface area contributed by atoms with Gasteiger partial charge in [0, 0.05) is 57.1 Å². The molecule has 0 radical (unpaired) electrons. The van der Waals surface area contributed by atoms with Crippen molar-refractivity contribution in [2.24, 2.45) is 0 Å². The third-order valence-electron chi connectivity index (χ3n) is 5.76. The van der Waals surface area contributed by atoms with Gasteiger partial charge in [0.1, 0.15) is 0 Å². The van der Waals surface area contributed by atoms with Gasteiger partial charge in [0.15, 0.2) is 0 Å². The molecule has 0 saturated carbocycles. The quantitative estimate of drug-likeness (QED) is 0.712. The molecular formula is C23H29N5O2. The summed E-state index contributed by atoms with van der Waals surface area (Å²) in [5.41, 5.74) is 1.87. The second kappa shape index (κ2) is 9.71. The fourth-order valence-corrected chi connectivity index (χ4v) is 4.02. The molecule has 1 aromatic carbocycles. The second-order valence-corrected chi connectivity index (χ2v) is 7.93. The Morgan fingerprint density at radius 2 is 1.67 bits per heavy atom. The van der Waals surface area contributed by atoms with E-state index < -0.39 is 0 Å². The van der Waals surface area contributed by atoms with Gasteiger partial charge in [-0.1, -0.05) is 18.2 Å². The Labute approximate surface area is 177 Å². The van der Waals surface area contributed by atoms with Gasteiger partial charge in [-0.15, -0.1) is 0 Å². The summed E-state index contributed by atoms with van der Waals surface area (Å²) >= 11 is 0. The van der Waals surface area contributed by atoms with Crippen molar-refractivity contribution < 1.29 is 9.59 Å². The van der Waals surface area contributed by atoms with Crippen molar-refractivity contribution in [3.63, 3.8) is 0 Å². The summed E-state index contributed by atoms with van der Waals surface area (Å²) in [4.78, 5) is 31.1. The summed E-state index contributed by atoms with van der Waals surface area (Å²) in [6.07, 6.45) is 10.2. The van der Waals surface area contributed by atoms with Gasteiger partial charge in [-0.2, -0.15) is 5.10 Å². The van der Waals surface area contributed by atoms with Gasteiger partial charge in [0.25, 0.3) is 0 Å². The monoisotopic (exact) mass is 407 g/mol. The number of rotatable bonds is 5. The van der Waals surface area contributed by atoms with E-state index in [1.54, 1.807) is 17.0 Å². The normalized spacial score (nSPS) is 18.1. The van der Waals surface area contributed by atoms with Crippen LogP contribution in [0, 0.1) is 0 Å². The molecule has 3 heterocycles. The number of carbonyl (C=O) groups is 2. The van der Waals surface area contributed by atoms with Crippen LogP contribution in [0.1, 0.15) is 24.8 Å². The van der Waals surface area contributed by atoms with Gasteiger partial charge >= 0.3 is 0 Å². The molecule has 7 heteroatoms. The van der Waals surface area contributed by atoms with Crippen LogP contribution in [0.3, 0.4) is 0 Å². The summed E-state index contributed by atoms with van der Waals surface area (Å²) in [6, 6.07) is 9.89. The molecule has 2 aromatic rings. The Morgan fingerprint density at radius 1 is 0.900 bits per heavy atom. The molecule has 1 aromatic heterocycles. The molecule has 2 amide bonds. The lowest BCUT2D eigenvalue weighted by molar-refractivity contribution is -0.131. The molecule has 7 nitrogen and oxygen atoms in total. The van der Waals surface area contributed by atoms with Crippen LogP contribution in [0.5, 0.6) is 0 Å². The van der Waals surface area contributed by atoms with Gasteiger partial charge in [-0.25, -0.2) is 4.68 Å². The second-order valence-electron chi connectivity index (χ2n) is 7.93. The number of amides is 2. The van der Waals surface area contributed by atoms with Gasteiger partial charge < -0.3 is 9.80 Å². The number of hydrogen-bond donors (Lipinski definition) is 0. The summed E-state index contributed by atoms with van der Waals surface area (Å²) in [5, 5.41) is 4.36. The predicted molar refractivity (Wildman–Crippen MR) is 116 cm³/mol. The predicted octanol–water partition coefficient (Wildman–Crippen LogP) is 2.04. The van der Waals surface area contributed by atoms with Crippen molar-refractivity contribution in [2.45, 2.75) is 19.3 Å². The third kappa shape index (κ3) is 5.16. The van der Waals surface area contributed by atoms with Crippen LogP contribution in [-0.4, -0.2) is 82.1 Å². The van der Waals surface area contributed by atoms with Crippen LogP contribution in [0.15, 0.2) is 48.8 Å². The van der Waals surface area contributed by atoms with E-state index in [9.17, 15) is 9.59 Å². The standard InChI is InChI=1S/C23H29N5O2/c29-22(10-9-20-17-24-28(18-20)21-7-2-1-3-8-21)27-14-6-11-25(15-16-27)19-23(30)26-12-4-5-13-26/h1-3,7-10,17-18H,4-6,11-16,19H2. The Bertz CT molecular complexity index is 886. The Morgan fingerprint density at radius 3 is 2.47 bits per heavy atom. The van der Waals surface area contributed by atoms with Crippen LogP contribution < -0.4 is 0 Å². The third-order valence-corrected chi connectivity index (χ3v) is 5.76. The SMILES string of the molecule is O=C(C=Cc1cnn(-c2ccccc2)c1)N1CCCN(CC(=O)N2CCCC2)CC1. The van der Waals surface area contributed by atoms with E-state index in [0.29, 0.717) is 13.1 Å². The van der Waals surface area contributed by atoms with E-state index in [1.165, 1.54) is 0 Å². The van der Waals surface area contributed by atoms with Crippen molar-refractivity contribution in [1.29, 1.82) is 0 Å². The Hall–Kier alpha value is -2.93. The largest absolute Gasteiger partial charge is 0.342 e. The maximum atomic E-state index is 12.7. The maximum Gasteiger partial charge on any atom is 0.246 e. The van der Waals surface area contributed by atoms with Crippen molar-refractivity contribution >= 4 is 17.9 Å². The highest BCUT2D eigenvalue weighted by atomic mass is 16.2. The summed E-state index contributed by atoms with van der Waals surface area (Å²) in [7, 11) is 0. The first-order chi connectivity index (χ1) is 14.7. The van der Waals surface area contributed by atoms with Gasteiger partial charge in [0.2, 0.25) is 11.8 Å². The number of para-hydroxylation sites is 1. The minimum Gasteiger partial charge on any atom is -0.342 e. The first kappa shape index (κ1) is 20.3. The number of carbonyl (C=O) groups excluding carboxylic acids is 2. The molecule has 4 rings (SSSR count). The number of benzene rings is 1. The summed E-state index contributed by atoms with van der Waals surface area (Å²) < 4.78 is 1.80. The van der Waals surface area contributed by atoms with Crippen molar-refractivity contribution in [3.8, 4) is 5.69 Å². The van der Waals surface area contributed by atoms with Crippen molar-refractivity contribution in [2.75, 3.05) is 45.8 Å². The number of nitrogens with zero attached hydrogens (tertiary/aromatic N) is 5. The lowest BCUT2D eigenvalue weighted by Crippen LogP contribution is -2.41. The minimum absolute atomic E-state index is 0.00943. The molecule has 2 saturated heterocycles. The highest BCUT2D eigenvalue weighted by molar-refractivity contribution is 5.91. The van der Waals surface area contributed by atoms with Crippen molar-refractivity contribution in [1.82, 2.24) is 24.5 Å². The van der Waals surface area contributed by atoms with Crippen molar-refractivity contribution in [3.05, 3.63) is 54.4 Å². The zero-order valence-corrected chi connectivity index (χ0v) is 17.3. The van der Waals surface area contributed by atoms with E-state index in [1.807, 2.05) is 52.4 Å². The summed E-state index contributed by atoms with van der Waals surface area (Å²) in [6.45, 7) is 5.23. The molecule has 2 aliphatic heterocycles. The van der Waals surface area contributed by atoms with Gasteiger partial charge in [-0.3, -0.25) is 14.5 Å². The molecule has 0 N–H and O–H groups in total. The Balaban J connectivity index is 1.28. The van der Waals surface area contributed by atoms with E-state index in [4.69, 9.17) is 0 Å². The van der Waals surface area contributed by atoms with E-state index in [2.05, 4.69) is 10.00 Å². The number of hydrogen-bond acceptors (Lipinski definition) is 4. The fraction of sp³-hybridized carbons (Fsp3) is 0.435. The minimum atomic E-state index is 0.00943. The first-order valence-electron chi connectivity index (χ1n) is 10.8. The van der Waals surface area contributed by atoms with E-state index in [0.717, 1.165) is 63.2 Å². The topological polar surface area (TPSA) is 61.7 Å². The molecular weight excluding hydrogens is 378 g/mol. The van der Waals surface area contributed by atoms with Crippen LogP contribution in [0.4, 0.5) is 0 Å².